The highest BCUT2D eigenvalue weighted by molar-refractivity contribution is 6.05. The van der Waals surface area contributed by atoms with Crippen LogP contribution >= 0.6 is 0 Å². The quantitative estimate of drug-likeness (QED) is 0.311. The van der Waals surface area contributed by atoms with E-state index in [-0.39, 0.29) is 58.1 Å². The summed E-state index contributed by atoms with van der Waals surface area (Å²) in [6.45, 7) is 15.1. The van der Waals surface area contributed by atoms with Crippen molar-refractivity contribution in [2.45, 2.75) is 106 Å². The smallest absolute Gasteiger partial charge is 0.328 e. The number of Topliss-reactive ketones (excluding diaryl/α,β-unsaturated/α-hetero) is 1. The van der Waals surface area contributed by atoms with Crippen molar-refractivity contribution in [2.75, 3.05) is 7.11 Å². The first-order valence-electron chi connectivity index (χ1n) is 18.8. The minimum atomic E-state index is -0.875. The number of esters is 1. The number of para-hydroxylation sites is 1. The van der Waals surface area contributed by atoms with Crippen molar-refractivity contribution in [3.63, 3.8) is 0 Å². The number of aromatic amines is 1. The number of amides is 1. The highest BCUT2D eigenvalue weighted by atomic mass is 16.5. The van der Waals surface area contributed by atoms with Crippen LogP contribution < -0.4 is 5.32 Å². The second-order valence-corrected chi connectivity index (χ2v) is 18.5. The second-order valence-electron chi connectivity index (χ2n) is 18.5. The van der Waals surface area contributed by atoms with E-state index >= 15 is 0 Å². The molecule has 8 heteroatoms. The van der Waals surface area contributed by atoms with Gasteiger partial charge in [-0.25, -0.2) is 4.79 Å². The molecule has 0 aliphatic heterocycles. The van der Waals surface area contributed by atoms with Gasteiger partial charge in [0.15, 0.2) is 11.6 Å². The van der Waals surface area contributed by atoms with Crippen molar-refractivity contribution < 1.29 is 23.9 Å². The first-order chi connectivity index (χ1) is 23.9. The van der Waals surface area contributed by atoms with Crippen LogP contribution in [0.15, 0.2) is 53.8 Å². The van der Waals surface area contributed by atoms with Gasteiger partial charge < -0.3 is 15.0 Å². The first kappa shape index (κ1) is 35.4. The normalized spacial score (nSPS) is 37.0. The fourth-order valence-electron chi connectivity index (χ4n) is 12.2. The number of fused-ring (bicyclic) bond motifs is 8. The Hall–Kier alpha value is -3.99. The number of aromatic nitrogens is 1. The molecule has 3 fully saturated rings. The molecular formula is C43H53N3O5. The van der Waals surface area contributed by atoms with Gasteiger partial charge in [-0.3, -0.25) is 14.4 Å². The van der Waals surface area contributed by atoms with Gasteiger partial charge in [0.2, 0.25) is 5.91 Å². The molecule has 1 unspecified atom stereocenters. The van der Waals surface area contributed by atoms with Gasteiger partial charge in [-0.2, -0.15) is 5.26 Å². The number of ketones is 2. The molecule has 3 saturated carbocycles. The van der Waals surface area contributed by atoms with Gasteiger partial charge in [0.1, 0.15) is 12.1 Å². The van der Waals surface area contributed by atoms with Crippen LogP contribution in [0.3, 0.4) is 0 Å². The number of benzene rings is 1. The van der Waals surface area contributed by atoms with E-state index in [2.05, 4.69) is 51.0 Å². The van der Waals surface area contributed by atoms with Crippen LogP contribution in [0.4, 0.5) is 0 Å². The number of rotatable bonds is 5. The third-order valence-electron chi connectivity index (χ3n) is 15.2. The molecule has 5 aliphatic rings. The zero-order chi connectivity index (χ0) is 36.9. The zero-order valence-corrected chi connectivity index (χ0v) is 31.5. The van der Waals surface area contributed by atoms with Gasteiger partial charge in [-0.05, 0) is 90.7 Å². The molecule has 1 heterocycles. The van der Waals surface area contributed by atoms with E-state index in [0.29, 0.717) is 19.3 Å². The average molecular weight is 692 g/mol. The number of nitriles is 1. The van der Waals surface area contributed by atoms with Crippen molar-refractivity contribution in [1.29, 1.82) is 5.26 Å². The molecule has 7 rings (SSSR count). The summed E-state index contributed by atoms with van der Waals surface area (Å²) in [4.78, 5) is 59.8. The lowest BCUT2D eigenvalue weighted by atomic mass is 9.34. The van der Waals surface area contributed by atoms with Gasteiger partial charge in [0.25, 0.3) is 0 Å². The van der Waals surface area contributed by atoms with Crippen LogP contribution in [-0.2, 0) is 30.3 Å². The predicted octanol–water partition coefficient (Wildman–Crippen LogP) is 7.59. The molecule has 2 N–H and O–H groups in total. The summed E-state index contributed by atoms with van der Waals surface area (Å²) in [5, 5.41) is 14.2. The molecule has 1 amide bonds. The van der Waals surface area contributed by atoms with Gasteiger partial charge in [0, 0.05) is 40.3 Å². The van der Waals surface area contributed by atoms with E-state index in [0.717, 1.165) is 47.7 Å². The number of allylic oxidation sites excluding steroid dienone is 4. The summed E-state index contributed by atoms with van der Waals surface area (Å²) in [7, 11) is 1.35. The number of H-pyrrole nitrogens is 1. The number of carbonyl (C=O) groups is 4. The highest BCUT2D eigenvalue weighted by Gasteiger charge is 2.71. The molecule has 1 aromatic heterocycles. The monoisotopic (exact) mass is 691 g/mol. The highest BCUT2D eigenvalue weighted by Crippen LogP contribution is 2.74. The number of ether oxygens (including phenoxy) is 1. The van der Waals surface area contributed by atoms with Crippen molar-refractivity contribution >= 4 is 34.3 Å². The SMILES string of the molecule is COC(=O)C(Cc1c[nH]c2ccccc12)NC(=O)[C@]12CCC(C)(C)C[C@H]1[C@H]1C(=O)C=C3[C@@]4(C)C=C(C#N)C(=O)C(C)(C)[C@@H]4CC[C@@]3(C)[C@]1(C)CC2. The number of carbonyl (C=O) groups excluding carboxylic acids is 4. The topological polar surface area (TPSA) is 129 Å². The molecule has 2 aromatic rings. The summed E-state index contributed by atoms with van der Waals surface area (Å²) in [6.07, 6.45) is 11.1. The number of hydrogen-bond acceptors (Lipinski definition) is 6. The van der Waals surface area contributed by atoms with Crippen molar-refractivity contribution in [1.82, 2.24) is 10.3 Å². The number of hydrogen-bond donors (Lipinski definition) is 2. The molecule has 8 atom stereocenters. The van der Waals surface area contributed by atoms with Crippen LogP contribution in [0.25, 0.3) is 10.9 Å². The molecule has 5 aliphatic carbocycles. The number of nitrogens with zero attached hydrogens (tertiary/aromatic N) is 1. The minimum absolute atomic E-state index is 0.0312. The molecule has 0 radical (unpaired) electrons. The second kappa shape index (κ2) is 11.5. The zero-order valence-electron chi connectivity index (χ0n) is 31.5. The Morgan fingerprint density at radius 1 is 1.02 bits per heavy atom. The molecule has 1 aromatic carbocycles. The largest absolute Gasteiger partial charge is 0.467 e. The number of nitrogens with one attached hydrogen (secondary N) is 2. The fourth-order valence-corrected chi connectivity index (χ4v) is 12.2. The van der Waals surface area contributed by atoms with Gasteiger partial charge in [0.05, 0.1) is 18.1 Å². The van der Waals surface area contributed by atoms with E-state index < -0.39 is 33.7 Å². The molecular weight excluding hydrogens is 638 g/mol. The Bertz CT molecular complexity index is 1960. The third-order valence-corrected chi connectivity index (χ3v) is 15.2. The molecule has 8 nitrogen and oxygen atoms in total. The molecule has 0 spiro atoms. The summed E-state index contributed by atoms with van der Waals surface area (Å²) >= 11 is 0. The van der Waals surface area contributed by atoms with E-state index in [1.54, 1.807) is 0 Å². The Morgan fingerprint density at radius 3 is 2.43 bits per heavy atom. The fraction of sp³-hybridized carbons (Fsp3) is 0.605. The lowest BCUT2D eigenvalue weighted by Gasteiger charge is -2.69. The van der Waals surface area contributed by atoms with Crippen LogP contribution in [-0.4, -0.2) is 41.6 Å². The average Bonchev–Trinajstić information content (AvgIpc) is 3.49. The Morgan fingerprint density at radius 2 is 1.73 bits per heavy atom. The maximum Gasteiger partial charge on any atom is 0.328 e. The van der Waals surface area contributed by atoms with E-state index in [9.17, 15) is 24.4 Å². The Balaban J connectivity index is 1.28. The molecule has 51 heavy (non-hydrogen) atoms. The molecule has 0 bridgehead atoms. The lowest BCUT2D eigenvalue weighted by molar-refractivity contribution is -0.179. The van der Waals surface area contributed by atoms with E-state index in [4.69, 9.17) is 4.74 Å². The Labute approximate surface area is 301 Å². The maximum atomic E-state index is 14.9. The predicted molar refractivity (Wildman–Crippen MR) is 195 cm³/mol. The van der Waals surface area contributed by atoms with Crippen molar-refractivity contribution in [3.05, 3.63) is 59.3 Å². The third kappa shape index (κ3) is 4.89. The summed E-state index contributed by atoms with van der Waals surface area (Å²) < 4.78 is 5.24. The van der Waals surface area contributed by atoms with Gasteiger partial charge >= 0.3 is 5.97 Å². The summed E-state index contributed by atoms with van der Waals surface area (Å²) in [5.41, 5.74) is 0.0773. The van der Waals surface area contributed by atoms with Crippen LogP contribution in [0, 0.1) is 61.6 Å². The molecule has 0 saturated heterocycles. The van der Waals surface area contributed by atoms with Crippen molar-refractivity contribution in [3.8, 4) is 6.07 Å². The number of methoxy groups -OCH3 is 1. The van der Waals surface area contributed by atoms with Crippen LogP contribution in [0.5, 0.6) is 0 Å². The summed E-state index contributed by atoms with van der Waals surface area (Å²) in [6, 6.07) is 9.21. The molecule has 270 valence electrons. The van der Waals surface area contributed by atoms with Gasteiger partial charge in [-0.15, -0.1) is 0 Å². The van der Waals surface area contributed by atoms with E-state index in [1.807, 2.05) is 56.5 Å². The van der Waals surface area contributed by atoms with Crippen molar-refractivity contribution in [2.24, 2.45) is 50.2 Å². The van der Waals surface area contributed by atoms with Crippen LogP contribution in [0.2, 0.25) is 0 Å². The van der Waals surface area contributed by atoms with Crippen LogP contribution in [0.1, 0.15) is 99.0 Å². The first-order valence-corrected chi connectivity index (χ1v) is 18.8. The Kier molecular flexibility index (Phi) is 7.99. The van der Waals surface area contributed by atoms with Gasteiger partial charge in [-0.1, -0.05) is 78.3 Å². The summed E-state index contributed by atoms with van der Waals surface area (Å²) in [5.74, 6) is -1.33. The van der Waals surface area contributed by atoms with E-state index in [1.165, 1.54) is 7.11 Å². The maximum absolute atomic E-state index is 14.9. The minimum Gasteiger partial charge on any atom is -0.467 e. The standard InChI is InChI=1S/C43H53N3O5/c1-38(2)15-17-43(37(50)46-30(36(49)51-8)19-25-24-45-29-12-10-9-11-27(25)29)18-16-42(7)34(28(43)22-38)31(47)20-33-40(5)21-26(23-44)35(48)39(3,4)32(40)13-14-41(33,42)6/h9-12,20-21,24,28,30,32,34,45H,13-19,22H2,1-8H3,(H,46,50)/t28-,30?,32-,34-,40-,41+,42+,43-/m0/s1. The lowest BCUT2D eigenvalue weighted by Crippen LogP contribution is -2.67.